The summed E-state index contributed by atoms with van der Waals surface area (Å²) in [5.41, 5.74) is 3.29. The number of anilines is 1. The molecule has 0 saturated heterocycles. The molecule has 54 heavy (non-hydrogen) atoms. The van der Waals surface area contributed by atoms with Gasteiger partial charge in [-0.3, -0.25) is 19.0 Å². The number of nitrogens with zero attached hydrogens (tertiary/aromatic N) is 4. The van der Waals surface area contributed by atoms with Crippen LogP contribution in [-0.4, -0.2) is 84.3 Å². The van der Waals surface area contributed by atoms with Crippen molar-refractivity contribution >= 4 is 39.0 Å². The molecule has 1 spiro atoms. The molecular weight excluding hydrogens is 730 g/mol. The SMILES string of the molecule is COc1nn(C)cc1C(=O)NS1(=O)=NC(=O)c2ccc3c(c2)N(C[C@@H]2CC[C@H]2[C@@H](OC)/C=C/[C@H](OC)[C@H](C)[C@H]1C)C[C@@]1(CCCc2cc(Cl)ccc21)CO3. The topological polar surface area (TPSA) is 134 Å². The van der Waals surface area contributed by atoms with Crippen molar-refractivity contribution in [3.05, 3.63) is 82.0 Å². The lowest BCUT2D eigenvalue weighted by Gasteiger charge is -2.46. The zero-order valence-corrected chi connectivity index (χ0v) is 33.3. The lowest BCUT2D eigenvalue weighted by atomic mass is 9.68. The van der Waals surface area contributed by atoms with Gasteiger partial charge in [0.2, 0.25) is 5.88 Å². The summed E-state index contributed by atoms with van der Waals surface area (Å²) >= 11 is 6.47. The Kier molecular flexibility index (Phi) is 10.9. The number of carbonyl (C=O) groups is 2. The van der Waals surface area contributed by atoms with E-state index in [1.165, 1.54) is 29.1 Å². The van der Waals surface area contributed by atoms with Crippen LogP contribution in [0, 0.1) is 17.8 Å². The van der Waals surface area contributed by atoms with Crippen LogP contribution < -0.4 is 19.1 Å². The van der Waals surface area contributed by atoms with Crippen molar-refractivity contribution in [2.45, 2.75) is 68.8 Å². The molecule has 12 nitrogen and oxygen atoms in total. The number of carbonyl (C=O) groups excluding carboxylic acids is 2. The summed E-state index contributed by atoms with van der Waals surface area (Å²) in [6.07, 6.45) is 9.73. The fraction of sp³-hybridized carbons (Fsp3) is 0.525. The van der Waals surface area contributed by atoms with Crippen LogP contribution in [0.3, 0.4) is 0 Å². The minimum atomic E-state index is -3.80. The normalized spacial score (nSPS) is 31.5. The smallest absolute Gasteiger partial charge is 0.286 e. The number of amides is 2. The van der Waals surface area contributed by atoms with Crippen LogP contribution in [0.15, 0.2) is 59.1 Å². The first-order valence-electron chi connectivity index (χ1n) is 18.6. The number of fused-ring (bicyclic) bond motifs is 4. The van der Waals surface area contributed by atoms with Crippen LogP contribution in [0.5, 0.6) is 11.6 Å². The molecule has 3 aromatic rings. The third kappa shape index (κ3) is 7.15. The predicted molar refractivity (Wildman–Crippen MR) is 208 cm³/mol. The predicted octanol–water partition coefficient (Wildman–Crippen LogP) is 6.16. The minimum Gasteiger partial charge on any atom is -0.490 e. The van der Waals surface area contributed by atoms with Gasteiger partial charge in [0.15, 0.2) is 0 Å². The van der Waals surface area contributed by atoms with E-state index in [1.54, 1.807) is 40.3 Å². The van der Waals surface area contributed by atoms with E-state index in [2.05, 4.69) is 31.2 Å². The van der Waals surface area contributed by atoms with Gasteiger partial charge in [0.1, 0.15) is 21.2 Å². The fourth-order valence-electron chi connectivity index (χ4n) is 8.76. The summed E-state index contributed by atoms with van der Waals surface area (Å²) in [6.45, 7) is 5.48. The molecule has 1 aromatic heterocycles. The van der Waals surface area contributed by atoms with Crippen LogP contribution in [0.1, 0.15) is 71.4 Å². The van der Waals surface area contributed by atoms with E-state index in [-0.39, 0.29) is 34.4 Å². The van der Waals surface area contributed by atoms with Crippen molar-refractivity contribution in [1.29, 1.82) is 0 Å². The molecule has 7 rings (SSSR count). The molecular formula is C40H50ClN5O7S. The molecule has 2 aromatic carbocycles. The van der Waals surface area contributed by atoms with Crippen molar-refractivity contribution in [2.75, 3.05) is 45.9 Å². The van der Waals surface area contributed by atoms with Gasteiger partial charge in [-0.05, 0) is 92.3 Å². The Morgan fingerprint density at radius 2 is 1.85 bits per heavy atom. The summed E-state index contributed by atoms with van der Waals surface area (Å²) in [5, 5.41) is 4.06. The highest BCUT2D eigenvalue weighted by atomic mass is 35.5. The standard InChI is InChI=1S/C40H50ClN5O7S/c1-24-25(2)54(49,44-38(48)31-21-45(3)42-39(31)52-6)43-37(47)27-10-14-36-33(19-27)46(20-28-9-12-30(28)35(51-5)16-15-34(24)50-4)22-40(23-53-36)17-7-8-26-18-29(41)11-13-32(26)40/h10-11,13-16,18-19,21,24-25,28,30,34-35H,7-9,12,17,20,22-23H2,1-6H3,(H,43,44,47,48,49)/b16-15+/t24-,25-,28+,30-,34+,35+,40+,54?/m1/s1. The first-order chi connectivity index (χ1) is 25.9. The number of ether oxygens (including phenoxy) is 4. The quantitative estimate of drug-likeness (QED) is 0.303. The molecule has 3 heterocycles. The Hall–Kier alpha value is -3.91. The molecule has 4 aliphatic rings. The van der Waals surface area contributed by atoms with Gasteiger partial charge in [0, 0.05) is 62.5 Å². The molecule has 290 valence electrons. The lowest BCUT2D eigenvalue weighted by Crippen LogP contribution is -2.49. The Bertz CT molecular complexity index is 2080. The Balaban J connectivity index is 1.35. The number of hydrogen-bond acceptors (Lipinski definition) is 9. The molecule has 2 aliphatic carbocycles. The highest BCUT2D eigenvalue weighted by Crippen LogP contribution is 2.47. The number of benzene rings is 2. The Morgan fingerprint density at radius 1 is 1.07 bits per heavy atom. The number of halogens is 1. The number of hydrogen-bond donors (Lipinski definition) is 1. The van der Waals surface area contributed by atoms with Crippen LogP contribution >= 0.6 is 11.6 Å². The van der Waals surface area contributed by atoms with Gasteiger partial charge in [0.25, 0.3) is 11.8 Å². The summed E-state index contributed by atoms with van der Waals surface area (Å²) in [7, 11) is 2.57. The van der Waals surface area contributed by atoms with Crippen molar-refractivity contribution in [1.82, 2.24) is 14.5 Å². The Morgan fingerprint density at radius 3 is 2.57 bits per heavy atom. The van der Waals surface area contributed by atoms with Gasteiger partial charge in [-0.2, -0.15) is 0 Å². The molecule has 2 amide bonds. The maximum atomic E-state index is 15.1. The van der Waals surface area contributed by atoms with Crippen molar-refractivity contribution in [3.63, 3.8) is 0 Å². The van der Waals surface area contributed by atoms with E-state index in [1.807, 2.05) is 31.2 Å². The maximum Gasteiger partial charge on any atom is 0.286 e. The Labute approximate surface area is 322 Å². The number of aromatic nitrogens is 2. The zero-order valence-electron chi connectivity index (χ0n) is 31.7. The molecule has 2 aliphatic heterocycles. The van der Waals surface area contributed by atoms with Gasteiger partial charge in [-0.25, -0.2) is 4.21 Å². The van der Waals surface area contributed by atoms with E-state index < -0.39 is 39.0 Å². The second kappa shape index (κ2) is 15.3. The van der Waals surface area contributed by atoms with Gasteiger partial charge in [-0.15, -0.1) is 9.46 Å². The third-order valence-corrected chi connectivity index (χ3v) is 14.7. The van der Waals surface area contributed by atoms with Crippen molar-refractivity contribution in [2.24, 2.45) is 29.2 Å². The van der Waals surface area contributed by atoms with Gasteiger partial charge in [-0.1, -0.05) is 36.7 Å². The van der Waals surface area contributed by atoms with E-state index in [0.29, 0.717) is 24.8 Å². The van der Waals surface area contributed by atoms with Crippen LogP contribution in [0.25, 0.3) is 0 Å². The number of methoxy groups -OCH3 is 3. The van der Waals surface area contributed by atoms with Crippen molar-refractivity contribution < 1.29 is 32.7 Å². The van der Waals surface area contributed by atoms with Gasteiger partial charge in [0.05, 0.1) is 36.9 Å². The lowest BCUT2D eigenvalue weighted by molar-refractivity contribution is 0.0119. The monoisotopic (exact) mass is 779 g/mol. The molecule has 0 radical (unpaired) electrons. The molecule has 1 saturated carbocycles. The summed E-state index contributed by atoms with van der Waals surface area (Å²) in [6, 6.07) is 11.5. The molecule has 1 N–H and O–H groups in total. The van der Waals surface area contributed by atoms with E-state index in [0.717, 1.165) is 49.4 Å². The fourth-order valence-corrected chi connectivity index (χ4v) is 10.8. The molecule has 14 heteroatoms. The summed E-state index contributed by atoms with van der Waals surface area (Å²) in [5.74, 6) is -0.582. The number of nitrogens with one attached hydrogen (secondary N) is 1. The molecule has 2 bridgehead atoms. The highest BCUT2D eigenvalue weighted by Gasteiger charge is 2.45. The first-order valence-corrected chi connectivity index (χ1v) is 20.6. The van der Waals surface area contributed by atoms with E-state index in [9.17, 15) is 9.59 Å². The molecule has 1 fully saturated rings. The average Bonchev–Trinajstić information content (AvgIpc) is 3.47. The van der Waals surface area contributed by atoms with E-state index >= 15 is 4.21 Å². The van der Waals surface area contributed by atoms with Gasteiger partial charge >= 0.3 is 0 Å². The van der Waals surface area contributed by atoms with Crippen LogP contribution in [0.4, 0.5) is 5.69 Å². The van der Waals surface area contributed by atoms with Crippen LogP contribution in [-0.2, 0) is 38.3 Å². The molecule has 1 unspecified atom stereocenters. The third-order valence-electron chi connectivity index (χ3n) is 12.1. The zero-order chi connectivity index (χ0) is 38.4. The second-order valence-electron chi connectivity index (χ2n) is 15.3. The largest absolute Gasteiger partial charge is 0.490 e. The van der Waals surface area contributed by atoms with Crippen molar-refractivity contribution in [3.8, 4) is 11.6 Å². The van der Waals surface area contributed by atoms with E-state index in [4.69, 9.17) is 30.5 Å². The van der Waals surface area contributed by atoms with Crippen LogP contribution in [0.2, 0.25) is 5.02 Å². The maximum absolute atomic E-state index is 15.1. The average molecular weight is 780 g/mol. The van der Waals surface area contributed by atoms with Gasteiger partial charge < -0.3 is 23.8 Å². The second-order valence-corrected chi connectivity index (χ2v) is 18.0. The number of rotatable bonds is 5. The number of aryl methyl sites for hydroxylation is 2. The minimum absolute atomic E-state index is 0.0585. The molecule has 8 atom stereocenters. The summed E-state index contributed by atoms with van der Waals surface area (Å²) in [4.78, 5) is 30.4. The summed E-state index contributed by atoms with van der Waals surface area (Å²) < 4.78 is 47.6. The first kappa shape index (κ1) is 38.4. The highest BCUT2D eigenvalue weighted by molar-refractivity contribution is 7.93.